The molecule has 1 amide bonds. The molecule has 2 aromatic carbocycles. The summed E-state index contributed by atoms with van der Waals surface area (Å²) >= 11 is 0. The van der Waals surface area contributed by atoms with Crippen molar-refractivity contribution in [3.05, 3.63) is 145 Å². The molecule has 21 heteroatoms. The smallest absolute Gasteiger partial charge is 0.407 e. The normalized spacial score (nSPS) is 37.7. The van der Waals surface area contributed by atoms with Crippen LogP contribution in [0.15, 0.2) is 134 Å². The predicted molar refractivity (Wildman–Crippen MR) is 318 cm³/mol. The van der Waals surface area contributed by atoms with Crippen LogP contribution in [0.25, 0.3) is 11.1 Å². The van der Waals surface area contributed by atoms with Gasteiger partial charge >= 0.3 is 18.0 Å². The van der Waals surface area contributed by atoms with Gasteiger partial charge in [-0.1, -0.05) is 147 Å². The number of nitrogens with one attached hydrogen (secondary N) is 2. The highest BCUT2D eigenvalue weighted by molar-refractivity contribution is 5.79. The van der Waals surface area contributed by atoms with E-state index in [1.54, 1.807) is 87.6 Å². The van der Waals surface area contributed by atoms with Crippen LogP contribution in [-0.2, 0) is 33.3 Å². The van der Waals surface area contributed by atoms with E-state index in [9.17, 15) is 70.6 Å². The molecule has 86 heavy (non-hydrogen) atoms. The van der Waals surface area contributed by atoms with Gasteiger partial charge in [-0.2, -0.15) is 0 Å². The number of ether oxygens (including phenoxy) is 5. The Hall–Kier alpha value is -5.73. The summed E-state index contributed by atoms with van der Waals surface area (Å²) < 4.78 is 29.6. The molecule has 6 rings (SSSR count). The molecule has 21 nitrogen and oxygen atoms in total. The number of carbonyl (C=O) groups excluding carboxylic acids is 2. The first-order chi connectivity index (χ1) is 41.0. The summed E-state index contributed by atoms with van der Waals surface area (Å²) in [5, 5.41) is 128. The largest absolute Gasteiger partial charge is 0.481 e. The lowest BCUT2D eigenvalue weighted by atomic mass is 9.82. The lowest BCUT2D eigenvalue weighted by Crippen LogP contribution is -2.63. The molecule has 0 aromatic heterocycles. The highest BCUT2D eigenvalue weighted by atomic mass is 16.7. The number of carboxylic acids is 1. The van der Waals surface area contributed by atoms with Gasteiger partial charge in [0.05, 0.1) is 79.6 Å². The number of fused-ring (bicyclic) bond motifs is 5. The van der Waals surface area contributed by atoms with E-state index >= 15 is 0 Å². The second-order valence-corrected chi connectivity index (χ2v) is 23.1. The van der Waals surface area contributed by atoms with Gasteiger partial charge in [0.25, 0.3) is 0 Å². The van der Waals surface area contributed by atoms with E-state index in [1.165, 1.54) is 6.08 Å². The van der Waals surface area contributed by atoms with Crippen LogP contribution in [0.5, 0.6) is 0 Å². The van der Waals surface area contributed by atoms with Gasteiger partial charge in [-0.25, -0.2) is 4.79 Å². The molecule has 0 saturated carbocycles. The average molecular weight is 1200 g/mol. The van der Waals surface area contributed by atoms with Gasteiger partial charge in [0.1, 0.15) is 24.7 Å². The molecule has 1 aliphatic carbocycles. The molecule has 3 aliphatic heterocycles. The monoisotopic (exact) mass is 1200 g/mol. The molecule has 2 fully saturated rings. The van der Waals surface area contributed by atoms with Crippen molar-refractivity contribution in [2.24, 2.45) is 17.8 Å². The number of aliphatic carboxylic acids is 1. The SMILES string of the molecule is C[C@@H]1[C@H](O)[C@@H](C)/C=C/C=C/C=C/C=C/C=C/C=C/C=C/[C@H](O[C@@H]2O[C@H](C)[C@@H](O)[C@H](NCCCNC(=O)OCC3c4ccccc4-c4ccccc43)[C@@H]2O)C[C@@H]2O[C@](O)(C[C@@H](O)[C@H](O)CC[C@@H](O)C[C@@H](O)C[C@@H](O)CC(=O)O[C@H]1C)C[C@H](O)[C@H]2C(=O)O. The molecule has 0 unspecified atom stereocenters. The summed E-state index contributed by atoms with van der Waals surface area (Å²) in [4.78, 5) is 38.4. The molecular formula is C65H90N2O19. The van der Waals surface area contributed by atoms with Gasteiger partial charge in [-0.15, -0.1) is 0 Å². The Morgan fingerprint density at radius 2 is 1.21 bits per heavy atom. The minimum absolute atomic E-state index is 0.115. The predicted octanol–water partition coefficient (Wildman–Crippen LogP) is 4.27. The van der Waals surface area contributed by atoms with Crippen molar-refractivity contribution in [1.82, 2.24) is 10.6 Å². The van der Waals surface area contributed by atoms with E-state index in [0.29, 0.717) is 6.42 Å². The van der Waals surface area contributed by atoms with Crippen LogP contribution < -0.4 is 10.6 Å². The van der Waals surface area contributed by atoms with Crippen LogP contribution in [0, 0.1) is 17.8 Å². The Kier molecular flexibility index (Phi) is 27.5. The van der Waals surface area contributed by atoms with E-state index in [4.69, 9.17) is 23.7 Å². The zero-order valence-corrected chi connectivity index (χ0v) is 49.3. The third kappa shape index (κ3) is 20.7. The van der Waals surface area contributed by atoms with Crippen LogP contribution in [0.2, 0.25) is 0 Å². The summed E-state index contributed by atoms with van der Waals surface area (Å²) in [5.74, 6) is -7.15. The maximum absolute atomic E-state index is 12.9. The molecule has 2 saturated heterocycles. The molecule has 4 aliphatic rings. The number of rotatable bonds is 10. The number of amides is 1. The lowest BCUT2D eigenvalue weighted by Gasteiger charge is -2.45. The minimum Gasteiger partial charge on any atom is -0.481 e. The molecule has 2 aromatic rings. The highest BCUT2D eigenvalue weighted by Crippen LogP contribution is 2.45. The second-order valence-electron chi connectivity index (χ2n) is 23.1. The van der Waals surface area contributed by atoms with Crippen LogP contribution in [0.3, 0.4) is 0 Å². The fourth-order valence-electron chi connectivity index (χ4n) is 11.4. The number of benzene rings is 2. The van der Waals surface area contributed by atoms with Gasteiger partial charge in [-0.05, 0) is 74.8 Å². The quantitative estimate of drug-likeness (QED) is 0.117. The zero-order chi connectivity index (χ0) is 62.5. The van der Waals surface area contributed by atoms with Crippen molar-refractivity contribution in [2.75, 3.05) is 19.7 Å². The third-order valence-corrected chi connectivity index (χ3v) is 16.3. The van der Waals surface area contributed by atoms with E-state index in [2.05, 4.69) is 10.6 Å². The molecular weight excluding hydrogens is 1110 g/mol. The van der Waals surface area contributed by atoms with Gasteiger partial charge in [0.2, 0.25) is 0 Å². The fourth-order valence-corrected chi connectivity index (χ4v) is 11.4. The lowest BCUT2D eigenvalue weighted by molar-refractivity contribution is -0.310. The Balaban J connectivity index is 1.13. The van der Waals surface area contributed by atoms with E-state index in [-0.39, 0.29) is 63.6 Å². The van der Waals surface area contributed by atoms with Crippen LogP contribution in [0.1, 0.15) is 103 Å². The van der Waals surface area contributed by atoms with Crippen molar-refractivity contribution in [3.63, 3.8) is 0 Å². The first kappa shape index (κ1) is 69.4. The Morgan fingerprint density at radius 3 is 1.83 bits per heavy atom. The molecule has 19 atom stereocenters. The zero-order valence-electron chi connectivity index (χ0n) is 49.3. The van der Waals surface area contributed by atoms with Crippen LogP contribution in [-0.4, -0.2) is 191 Å². The van der Waals surface area contributed by atoms with Gasteiger partial charge < -0.3 is 90.5 Å². The molecule has 474 valence electrons. The summed E-state index contributed by atoms with van der Waals surface area (Å²) in [5.41, 5.74) is 4.37. The Labute approximate surface area is 503 Å². The molecule has 0 radical (unpaired) electrons. The Morgan fingerprint density at radius 1 is 0.640 bits per heavy atom. The Bertz CT molecular complexity index is 2630. The number of esters is 1. The summed E-state index contributed by atoms with van der Waals surface area (Å²) in [6.45, 7) is 7.34. The second kappa shape index (κ2) is 34.1. The fraction of sp³-hybridized carbons (Fsp3) is 0.554. The number of carbonyl (C=O) groups is 3. The van der Waals surface area contributed by atoms with Gasteiger partial charge in [-0.3, -0.25) is 9.59 Å². The number of carboxylic acid groups (broad SMARTS) is 1. The number of aliphatic hydroxyl groups is 10. The number of aliphatic hydroxyl groups excluding tert-OH is 9. The maximum Gasteiger partial charge on any atom is 0.407 e. The number of hydrogen-bond donors (Lipinski definition) is 13. The third-order valence-electron chi connectivity index (χ3n) is 16.3. The highest BCUT2D eigenvalue weighted by Gasteiger charge is 2.51. The minimum atomic E-state index is -2.41. The van der Waals surface area contributed by atoms with Crippen molar-refractivity contribution < 1.29 is 94.2 Å². The van der Waals surface area contributed by atoms with Gasteiger partial charge in [0.15, 0.2) is 12.1 Å². The first-order valence-electron chi connectivity index (χ1n) is 29.8. The van der Waals surface area contributed by atoms with E-state index in [0.717, 1.165) is 22.3 Å². The summed E-state index contributed by atoms with van der Waals surface area (Å²) in [7, 11) is 0. The van der Waals surface area contributed by atoms with Crippen molar-refractivity contribution in [1.29, 1.82) is 0 Å². The van der Waals surface area contributed by atoms with Gasteiger partial charge in [0, 0.05) is 43.6 Å². The van der Waals surface area contributed by atoms with Crippen LogP contribution in [0.4, 0.5) is 4.79 Å². The topological polar surface area (TPSA) is 344 Å². The molecule has 13 N–H and O–H groups in total. The van der Waals surface area contributed by atoms with E-state index < -0.39 is 147 Å². The number of alkyl carbamates (subject to hydrolysis) is 1. The average Bonchev–Trinajstić information content (AvgIpc) is 1.63. The first-order valence-corrected chi connectivity index (χ1v) is 29.8. The maximum atomic E-state index is 12.9. The number of allylic oxidation sites excluding steroid dienone is 12. The van der Waals surface area contributed by atoms with Crippen LogP contribution >= 0.6 is 0 Å². The molecule has 3 heterocycles. The van der Waals surface area contributed by atoms with E-state index in [1.807, 2.05) is 67.6 Å². The summed E-state index contributed by atoms with van der Waals surface area (Å²) in [6.07, 6.45) is 2.67. The standard InChI is InChI=1S/C65H90N2O19/c1-39-22-15-13-11-9-7-5-6-8-10-12-14-16-23-46(85-63-61(77)58(60(76)42(4)84-63)66-30-21-31-67-64(80)82-38-51-49-26-19-17-24-47(49)48-25-18-20-27-50(48)51)35-55-57(62(78)79)54(73)37-65(81,86-55)36-53(72)52(71)29-28-43(68)32-44(69)33-45(70)34-56(74)83-41(3)40(2)59(39)75/h5-20,22-27,39-46,51-55,57-61,63,66,68-73,75-77,81H,21,28-38H2,1-4H3,(H,67,80)(H,78,79)/b6-5+,9-7+,10-8+,13-11+,14-12+,22-15+,23-16+/t39-,40-,41-,42+,43+,44+,45+,46-,52+,53+,54-,55-,57+,58-,59+,60+,61-,63-,65+/m0/s1. The summed E-state index contributed by atoms with van der Waals surface area (Å²) in [6, 6.07) is 15.0. The van der Waals surface area contributed by atoms with Crippen molar-refractivity contribution >= 4 is 18.0 Å². The molecule has 2 bridgehead atoms. The number of cyclic esters (lactones) is 1. The molecule has 0 spiro atoms. The number of hydrogen-bond acceptors (Lipinski definition) is 19. The van der Waals surface area contributed by atoms with Crippen molar-refractivity contribution in [2.45, 2.75) is 189 Å². The van der Waals surface area contributed by atoms with Crippen molar-refractivity contribution in [3.8, 4) is 11.1 Å².